The topological polar surface area (TPSA) is 101 Å². The molecule has 3 N–H and O–H groups in total. The van der Waals surface area contributed by atoms with Gasteiger partial charge in [-0.3, -0.25) is 14.6 Å². The zero-order valence-corrected chi connectivity index (χ0v) is 12.5. The Labute approximate surface area is 128 Å². The Hall–Kier alpha value is -2.41. The first-order valence-electron chi connectivity index (χ1n) is 7.12. The van der Waals surface area contributed by atoms with Crippen LogP contribution in [-0.2, 0) is 16.1 Å². The number of nitrogens with two attached hydrogens (primary N) is 1. The van der Waals surface area contributed by atoms with Gasteiger partial charge in [-0.05, 0) is 18.6 Å². The highest BCUT2D eigenvalue weighted by Gasteiger charge is 2.27. The molecule has 1 aliphatic rings. The number of fused-ring (bicyclic) bond motifs is 1. The summed E-state index contributed by atoms with van der Waals surface area (Å²) >= 11 is 0. The van der Waals surface area contributed by atoms with Crippen LogP contribution < -0.4 is 5.73 Å². The lowest BCUT2D eigenvalue weighted by molar-refractivity contribution is -0.134. The number of amides is 1. The van der Waals surface area contributed by atoms with E-state index in [4.69, 9.17) is 15.6 Å². The number of carbonyl (C=O) groups is 2. The summed E-state index contributed by atoms with van der Waals surface area (Å²) in [6.45, 7) is 3.38. The lowest BCUT2D eigenvalue weighted by atomic mass is 10.3. The van der Waals surface area contributed by atoms with Crippen molar-refractivity contribution >= 4 is 22.8 Å². The molecule has 3 rings (SSSR count). The van der Waals surface area contributed by atoms with E-state index < -0.39 is 5.97 Å². The molecule has 7 heteroatoms. The van der Waals surface area contributed by atoms with Crippen molar-refractivity contribution < 1.29 is 14.7 Å². The fourth-order valence-electron chi connectivity index (χ4n) is 2.45. The minimum Gasteiger partial charge on any atom is -0.481 e. The van der Waals surface area contributed by atoms with Crippen molar-refractivity contribution in [3.8, 4) is 0 Å². The van der Waals surface area contributed by atoms with E-state index in [1.165, 1.54) is 0 Å². The van der Waals surface area contributed by atoms with Gasteiger partial charge in [-0.25, -0.2) is 0 Å². The van der Waals surface area contributed by atoms with Gasteiger partial charge >= 0.3 is 0 Å². The molecule has 0 spiro atoms. The molecule has 7 nitrogen and oxygen atoms in total. The first-order chi connectivity index (χ1) is 10.5. The SMILES string of the molecule is CC(=O)O.N[C@H]1CCN(CCn2ccc3cnccc32)C1=O. The molecule has 1 saturated heterocycles. The van der Waals surface area contributed by atoms with E-state index >= 15 is 0 Å². The zero-order chi connectivity index (χ0) is 16.1. The largest absolute Gasteiger partial charge is 0.481 e. The Morgan fingerprint density at radius 3 is 2.82 bits per heavy atom. The molecule has 1 amide bonds. The molecule has 1 fully saturated rings. The van der Waals surface area contributed by atoms with Crippen molar-refractivity contribution in [2.75, 3.05) is 13.1 Å². The second kappa shape index (κ2) is 7.04. The summed E-state index contributed by atoms with van der Waals surface area (Å²) in [4.78, 5) is 26.6. The van der Waals surface area contributed by atoms with Gasteiger partial charge in [0, 0.05) is 50.5 Å². The standard InChI is InChI=1S/C13H16N4O.C2H4O2/c14-11-3-6-17(13(11)18)8-7-16-5-2-10-9-15-4-1-12(10)16;1-2(3)4/h1-2,4-5,9,11H,3,6-8,14H2;1H3,(H,3,4)/t11-;/m0./s1. The van der Waals surface area contributed by atoms with Crippen molar-refractivity contribution in [2.24, 2.45) is 5.73 Å². The normalized spacial score (nSPS) is 17.5. The van der Waals surface area contributed by atoms with Crippen LogP contribution in [0.15, 0.2) is 30.7 Å². The van der Waals surface area contributed by atoms with E-state index in [2.05, 4.69) is 9.55 Å². The Kier molecular flexibility index (Phi) is 5.11. The maximum absolute atomic E-state index is 11.7. The van der Waals surface area contributed by atoms with E-state index in [9.17, 15) is 4.79 Å². The van der Waals surface area contributed by atoms with Gasteiger partial charge in [-0.1, -0.05) is 0 Å². The number of rotatable bonds is 3. The molecule has 0 aromatic carbocycles. The quantitative estimate of drug-likeness (QED) is 0.868. The summed E-state index contributed by atoms with van der Waals surface area (Å²) in [7, 11) is 0. The predicted molar refractivity (Wildman–Crippen MR) is 82.2 cm³/mol. The third-order valence-corrected chi connectivity index (χ3v) is 3.52. The van der Waals surface area contributed by atoms with Crippen LogP contribution in [0.5, 0.6) is 0 Å². The molecule has 22 heavy (non-hydrogen) atoms. The summed E-state index contributed by atoms with van der Waals surface area (Å²) in [5.41, 5.74) is 6.86. The molecule has 1 aliphatic heterocycles. The summed E-state index contributed by atoms with van der Waals surface area (Å²) in [5, 5.41) is 8.54. The second-order valence-electron chi connectivity index (χ2n) is 5.18. The number of pyridine rings is 1. The summed E-state index contributed by atoms with van der Waals surface area (Å²) in [6, 6.07) is 3.74. The molecular weight excluding hydrogens is 284 g/mol. The summed E-state index contributed by atoms with van der Waals surface area (Å²) < 4.78 is 2.15. The maximum atomic E-state index is 11.7. The van der Waals surface area contributed by atoms with Gasteiger partial charge in [0.15, 0.2) is 0 Å². The second-order valence-corrected chi connectivity index (χ2v) is 5.18. The van der Waals surface area contributed by atoms with Crippen LogP contribution in [0.4, 0.5) is 0 Å². The maximum Gasteiger partial charge on any atom is 0.300 e. The number of carboxylic acids is 1. The van der Waals surface area contributed by atoms with Crippen molar-refractivity contribution in [2.45, 2.75) is 25.9 Å². The van der Waals surface area contributed by atoms with Crippen LogP contribution >= 0.6 is 0 Å². The lowest BCUT2D eigenvalue weighted by Crippen LogP contribution is -2.35. The van der Waals surface area contributed by atoms with Gasteiger partial charge in [0.1, 0.15) is 0 Å². The van der Waals surface area contributed by atoms with Crippen molar-refractivity contribution in [3.63, 3.8) is 0 Å². The number of aromatic nitrogens is 2. The first-order valence-corrected chi connectivity index (χ1v) is 7.12. The van der Waals surface area contributed by atoms with Crippen LogP contribution in [0.1, 0.15) is 13.3 Å². The fraction of sp³-hybridized carbons (Fsp3) is 0.400. The average molecular weight is 304 g/mol. The number of hydrogen-bond donors (Lipinski definition) is 2. The first kappa shape index (κ1) is 16.0. The number of carbonyl (C=O) groups excluding carboxylic acids is 1. The molecule has 118 valence electrons. The molecule has 2 aromatic heterocycles. The average Bonchev–Trinajstić information content (AvgIpc) is 3.02. The van der Waals surface area contributed by atoms with E-state index in [1.54, 1.807) is 6.20 Å². The minimum atomic E-state index is -0.833. The molecule has 3 heterocycles. The van der Waals surface area contributed by atoms with E-state index in [0.29, 0.717) is 0 Å². The Morgan fingerprint density at radius 2 is 2.18 bits per heavy atom. The fourth-order valence-corrected chi connectivity index (χ4v) is 2.45. The highest BCUT2D eigenvalue weighted by atomic mass is 16.4. The molecule has 0 unspecified atom stereocenters. The Bertz CT molecular complexity index is 664. The van der Waals surface area contributed by atoms with Crippen LogP contribution in [0.2, 0.25) is 0 Å². The van der Waals surface area contributed by atoms with Crippen molar-refractivity contribution in [1.29, 1.82) is 0 Å². The minimum absolute atomic E-state index is 0.0770. The van der Waals surface area contributed by atoms with E-state index in [1.807, 2.05) is 29.4 Å². The Balaban J connectivity index is 0.000000396. The molecule has 1 atom stereocenters. The smallest absolute Gasteiger partial charge is 0.300 e. The van der Waals surface area contributed by atoms with Crippen LogP contribution in [0.3, 0.4) is 0 Å². The number of carboxylic acid groups (broad SMARTS) is 1. The molecule has 2 aromatic rings. The summed E-state index contributed by atoms with van der Waals surface area (Å²) in [6.07, 6.45) is 6.44. The third kappa shape index (κ3) is 3.82. The number of nitrogens with zero attached hydrogens (tertiary/aromatic N) is 3. The van der Waals surface area contributed by atoms with Gasteiger partial charge in [-0.15, -0.1) is 0 Å². The van der Waals surface area contributed by atoms with Gasteiger partial charge in [0.2, 0.25) is 5.91 Å². The molecule has 0 radical (unpaired) electrons. The highest BCUT2D eigenvalue weighted by Crippen LogP contribution is 2.15. The predicted octanol–water partition coefficient (Wildman–Crippen LogP) is 0.687. The molecule has 0 saturated carbocycles. The third-order valence-electron chi connectivity index (χ3n) is 3.52. The van der Waals surface area contributed by atoms with Gasteiger partial charge in [0.05, 0.1) is 11.6 Å². The Morgan fingerprint density at radius 1 is 1.45 bits per heavy atom. The van der Waals surface area contributed by atoms with Gasteiger partial charge < -0.3 is 20.3 Å². The van der Waals surface area contributed by atoms with Crippen LogP contribution in [0.25, 0.3) is 10.9 Å². The molecule has 0 aliphatic carbocycles. The number of hydrogen-bond acceptors (Lipinski definition) is 4. The highest BCUT2D eigenvalue weighted by molar-refractivity contribution is 5.83. The van der Waals surface area contributed by atoms with Crippen molar-refractivity contribution in [1.82, 2.24) is 14.5 Å². The van der Waals surface area contributed by atoms with Gasteiger partial charge in [0.25, 0.3) is 5.97 Å². The molecular formula is C15H20N4O3. The number of aliphatic carboxylic acids is 1. The lowest BCUT2D eigenvalue weighted by Gasteiger charge is -2.16. The number of likely N-dealkylation sites (tertiary alicyclic amines) is 1. The zero-order valence-electron chi connectivity index (χ0n) is 12.5. The van der Waals surface area contributed by atoms with Crippen molar-refractivity contribution in [3.05, 3.63) is 30.7 Å². The summed E-state index contributed by atoms with van der Waals surface area (Å²) in [5.74, 6) is -0.756. The van der Waals surface area contributed by atoms with E-state index in [-0.39, 0.29) is 11.9 Å². The van der Waals surface area contributed by atoms with Crippen LogP contribution in [-0.4, -0.2) is 50.6 Å². The van der Waals surface area contributed by atoms with Gasteiger partial charge in [-0.2, -0.15) is 0 Å². The van der Waals surface area contributed by atoms with E-state index in [0.717, 1.165) is 43.9 Å². The monoisotopic (exact) mass is 304 g/mol. The molecule has 0 bridgehead atoms. The van der Waals surface area contributed by atoms with Crippen LogP contribution in [0, 0.1) is 0 Å².